The number of hydrogen-bond donors (Lipinski definition) is 1. The van der Waals surface area contributed by atoms with Gasteiger partial charge >= 0.3 is 0 Å². The van der Waals surface area contributed by atoms with Crippen molar-refractivity contribution in [1.82, 2.24) is 9.55 Å². The van der Waals surface area contributed by atoms with E-state index in [4.69, 9.17) is 21.1 Å². The Bertz CT molecular complexity index is 659. The van der Waals surface area contributed by atoms with Crippen LogP contribution >= 0.6 is 11.6 Å². The number of ether oxygens (including phenoxy) is 2. The summed E-state index contributed by atoms with van der Waals surface area (Å²) in [5.41, 5.74) is 0.944. The summed E-state index contributed by atoms with van der Waals surface area (Å²) >= 11 is 5.99. The Hall–Kier alpha value is -1.40. The number of halogens is 1. The number of rotatable bonds is 7. The van der Waals surface area contributed by atoms with Crippen molar-refractivity contribution in [3.05, 3.63) is 53.1 Å². The van der Waals surface area contributed by atoms with Gasteiger partial charge in [0.05, 0.1) is 13.2 Å². The van der Waals surface area contributed by atoms with Crippen LogP contribution in [-0.2, 0) is 28.7 Å². The quantitative estimate of drug-likeness (QED) is 0.780. The first-order valence-electron chi connectivity index (χ1n) is 8.28. The Morgan fingerprint density at radius 3 is 2.75 bits per heavy atom. The predicted molar refractivity (Wildman–Crippen MR) is 91.8 cm³/mol. The normalized spacial score (nSPS) is 23.7. The highest BCUT2D eigenvalue weighted by molar-refractivity contribution is 6.30. The second-order valence-corrected chi connectivity index (χ2v) is 6.59. The van der Waals surface area contributed by atoms with Crippen LogP contribution in [0.15, 0.2) is 36.7 Å². The van der Waals surface area contributed by atoms with Gasteiger partial charge in [0.25, 0.3) is 0 Å². The standard InChI is InChI=1S/C18H23ClN2O3/c1-21-11-10-20-17(21)4-2-3-9-18(23-13-16(12-22)24-18)14-5-7-15(19)8-6-14/h5-8,10-11,16,22H,2-4,9,12-13H2,1H3/t16?,18-/m0/s1. The molecular weight excluding hydrogens is 328 g/mol. The van der Waals surface area contributed by atoms with E-state index in [1.807, 2.05) is 48.3 Å². The summed E-state index contributed by atoms with van der Waals surface area (Å²) in [4.78, 5) is 4.35. The third-order valence-electron chi connectivity index (χ3n) is 4.42. The molecule has 1 fully saturated rings. The van der Waals surface area contributed by atoms with Crippen LogP contribution in [0.5, 0.6) is 0 Å². The molecule has 1 aromatic heterocycles. The molecule has 5 nitrogen and oxygen atoms in total. The highest BCUT2D eigenvalue weighted by atomic mass is 35.5. The molecule has 1 aliphatic rings. The number of aryl methyl sites for hydroxylation is 2. The number of benzene rings is 1. The van der Waals surface area contributed by atoms with Crippen molar-refractivity contribution in [3.63, 3.8) is 0 Å². The fraction of sp³-hybridized carbons (Fsp3) is 0.500. The molecule has 1 aromatic carbocycles. The summed E-state index contributed by atoms with van der Waals surface area (Å²) in [6.45, 7) is 0.362. The molecule has 3 rings (SSSR count). The minimum Gasteiger partial charge on any atom is -0.394 e. The van der Waals surface area contributed by atoms with Gasteiger partial charge < -0.3 is 19.1 Å². The molecule has 1 unspecified atom stereocenters. The SMILES string of the molecule is Cn1ccnc1CCCC[C@]1(c2ccc(Cl)cc2)OCC(CO)O1. The van der Waals surface area contributed by atoms with Gasteiger partial charge in [0, 0.05) is 42.9 Å². The lowest BCUT2D eigenvalue weighted by Crippen LogP contribution is -2.29. The summed E-state index contributed by atoms with van der Waals surface area (Å²) in [5, 5.41) is 10.1. The number of nitrogens with zero attached hydrogens (tertiary/aromatic N) is 2. The van der Waals surface area contributed by atoms with Crippen LogP contribution in [0.25, 0.3) is 0 Å². The van der Waals surface area contributed by atoms with Gasteiger partial charge in [-0.2, -0.15) is 0 Å². The van der Waals surface area contributed by atoms with Gasteiger partial charge in [-0.1, -0.05) is 23.7 Å². The lowest BCUT2D eigenvalue weighted by Gasteiger charge is -2.28. The zero-order valence-corrected chi connectivity index (χ0v) is 14.6. The molecule has 6 heteroatoms. The largest absolute Gasteiger partial charge is 0.394 e. The van der Waals surface area contributed by atoms with Crippen molar-refractivity contribution in [1.29, 1.82) is 0 Å². The van der Waals surface area contributed by atoms with Gasteiger partial charge in [-0.15, -0.1) is 0 Å². The number of aliphatic hydroxyl groups excluding tert-OH is 1. The van der Waals surface area contributed by atoms with Gasteiger partial charge in [-0.25, -0.2) is 4.98 Å². The molecule has 2 atom stereocenters. The molecule has 1 N–H and O–H groups in total. The van der Waals surface area contributed by atoms with Crippen LogP contribution in [-0.4, -0.2) is 34.0 Å². The van der Waals surface area contributed by atoms with Gasteiger partial charge in [-0.05, 0) is 25.0 Å². The summed E-state index contributed by atoms with van der Waals surface area (Å²) in [5.74, 6) is 0.289. The van der Waals surface area contributed by atoms with Crippen molar-refractivity contribution >= 4 is 11.6 Å². The molecule has 0 radical (unpaired) electrons. The average Bonchev–Trinajstić information content (AvgIpc) is 3.19. The zero-order valence-electron chi connectivity index (χ0n) is 13.8. The van der Waals surface area contributed by atoms with E-state index in [1.165, 1.54) is 0 Å². The molecule has 0 amide bonds. The molecule has 130 valence electrons. The molecule has 1 saturated heterocycles. The lowest BCUT2D eigenvalue weighted by atomic mass is 9.99. The van der Waals surface area contributed by atoms with Crippen LogP contribution < -0.4 is 0 Å². The second kappa shape index (κ2) is 7.66. The minimum atomic E-state index is -0.792. The van der Waals surface area contributed by atoms with Crippen molar-refractivity contribution in [3.8, 4) is 0 Å². The highest BCUT2D eigenvalue weighted by Crippen LogP contribution is 2.39. The smallest absolute Gasteiger partial charge is 0.195 e. The van der Waals surface area contributed by atoms with Crippen molar-refractivity contribution in [2.45, 2.75) is 37.6 Å². The molecular formula is C18H23ClN2O3. The van der Waals surface area contributed by atoms with E-state index in [0.717, 1.165) is 37.1 Å². The van der Waals surface area contributed by atoms with Gasteiger partial charge in [0.15, 0.2) is 5.79 Å². The van der Waals surface area contributed by atoms with Crippen molar-refractivity contribution in [2.75, 3.05) is 13.2 Å². The fourth-order valence-corrected chi connectivity index (χ4v) is 3.19. The molecule has 24 heavy (non-hydrogen) atoms. The Morgan fingerprint density at radius 2 is 2.12 bits per heavy atom. The monoisotopic (exact) mass is 350 g/mol. The Kier molecular flexibility index (Phi) is 5.56. The second-order valence-electron chi connectivity index (χ2n) is 6.15. The van der Waals surface area contributed by atoms with Crippen LogP contribution in [0.4, 0.5) is 0 Å². The topological polar surface area (TPSA) is 56.5 Å². The van der Waals surface area contributed by atoms with Gasteiger partial charge in [0.1, 0.15) is 11.9 Å². The van der Waals surface area contributed by atoms with Crippen LogP contribution in [0.2, 0.25) is 5.02 Å². The first kappa shape index (κ1) is 17.4. The third-order valence-corrected chi connectivity index (χ3v) is 4.68. The first-order valence-corrected chi connectivity index (χ1v) is 8.65. The van der Waals surface area contributed by atoms with Crippen LogP contribution in [0.1, 0.15) is 30.7 Å². The lowest BCUT2D eigenvalue weighted by molar-refractivity contribution is -0.185. The van der Waals surface area contributed by atoms with E-state index in [2.05, 4.69) is 4.98 Å². The van der Waals surface area contributed by atoms with E-state index in [1.54, 1.807) is 0 Å². The molecule has 0 saturated carbocycles. The number of aromatic nitrogens is 2. The maximum atomic E-state index is 9.38. The fourth-order valence-electron chi connectivity index (χ4n) is 3.06. The highest BCUT2D eigenvalue weighted by Gasteiger charge is 2.42. The summed E-state index contributed by atoms with van der Waals surface area (Å²) < 4.78 is 14.1. The van der Waals surface area contributed by atoms with Crippen molar-refractivity contribution in [2.24, 2.45) is 7.05 Å². The van der Waals surface area contributed by atoms with E-state index >= 15 is 0 Å². The predicted octanol–water partition coefficient (Wildman–Crippen LogP) is 3.05. The molecule has 2 aromatic rings. The Labute approximate surface area is 147 Å². The first-order chi connectivity index (χ1) is 11.6. The Balaban J connectivity index is 1.65. The van der Waals surface area contributed by atoms with E-state index in [0.29, 0.717) is 11.6 Å². The zero-order chi connectivity index (χ0) is 17.0. The molecule has 0 bridgehead atoms. The number of unbranched alkanes of at least 4 members (excludes halogenated alkanes) is 1. The molecule has 2 heterocycles. The van der Waals surface area contributed by atoms with Crippen LogP contribution in [0.3, 0.4) is 0 Å². The molecule has 0 aliphatic carbocycles. The molecule has 1 aliphatic heterocycles. The summed E-state index contributed by atoms with van der Waals surface area (Å²) in [6, 6.07) is 7.54. The van der Waals surface area contributed by atoms with Gasteiger partial charge in [-0.3, -0.25) is 0 Å². The Morgan fingerprint density at radius 1 is 1.33 bits per heavy atom. The maximum Gasteiger partial charge on any atom is 0.195 e. The maximum absolute atomic E-state index is 9.38. The summed E-state index contributed by atoms with van der Waals surface area (Å²) in [6.07, 6.45) is 7.08. The van der Waals surface area contributed by atoms with Gasteiger partial charge in [0.2, 0.25) is 0 Å². The third kappa shape index (κ3) is 3.81. The number of aliphatic hydroxyl groups is 1. The van der Waals surface area contributed by atoms with Crippen LogP contribution in [0, 0.1) is 0 Å². The molecule has 0 spiro atoms. The average molecular weight is 351 g/mol. The number of hydrogen-bond acceptors (Lipinski definition) is 4. The van der Waals surface area contributed by atoms with E-state index in [9.17, 15) is 5.11 Å². The summed E-state index contributed by atoms with van der Waals surface area (Å²) in [7, 11) is 2.01. The van der Waals surface area contributed by atoms with E-state index < -0.39 is 5.79 Å². The van der Waals surface area contributed by atoms with Crippen molar-refractivity contribution < 1.29 is 14.6 Å². The minimum absolute atomic E-state index is 0.0391. The van der Waals surface area contributed by atoms with E-state index in [-0.39, 0.29) is 12.7 Å². The number of imidazole rings is 1.